The van der Waals surface area contributed by atoms with E-state index in [9.17, 15) is 9.18 Å². The smallest absolute Gasteiger partial charge is 0.321 e. The molecule has 4 rings (SSSR count). The zero-order valence-corrected chi connectivity index (χ0v) is 15.7. The third-order valence-electron chi connectivity index (χ3n) is 4.66. The van der Waals surface area contributed by atoms with Crippen molar-refractivity contribution in [3.63, 3.8) is 0 Å². The van der Waals surface area contributed by atoms with Gasteiger partial charge in [-0.25, -0.2) is 9.18 Å². The van der Waals surface area contributed by atoms with E-state index in [1.807, 2.05) is 12.1 Å². The molecule has 0 bridgehead atoms. The third kappa shape index (κ3) is 4.14. The predicted molar refractivity (Wildman–Crippen MR) is 104 cm³/mol. The molecule has 1 aliphatic rings. The zero-order chi connectivity index (χ0) is 19.5. The fourth-order valence-electron chi connectivity index (χ4n) is 3.28. The summed E-state index contributed by atoms with van der Waals surface area (Å²) in [5, 5.41) is 7.37. The lowest BCUT2D eigenvalue weighted by molar-refractivity contribution is 0.184. The molecule has 2 amide bonds. The van der Waals surface area contributed by atoms with Crippen LogP contribution in [0.3, 0.4) is 0 Å². The number of amides is 2. The van der Waals surface area contributed by atoms with Gasteiger partial charge in [-0.3, -0.25) is 0 Å². The number of urea groups is 1. The Kier molecular flexibility index (Phi) is 5.25. The van der Waals surface area contributed by atoms with Crippen LogP contribution in [-0.2, 0) is 0 Å². The van der Waals surface area contributed by atoms with Gasteiger partial charge in [0.2, 0.25) is 11.7 Å². The van der Waals surface area contributed by atoms with Crippen LogP contribution in [0.15, 0.2) is 53.1 Å². The third-order valence-corrected chi connectivity index (χ3v) is 4.89. The SMILES string of the molecule is O=C(Nc1cccc(F)c1)N1CCCC(c2nc(-c3cccc(Cl)c3)no2)C1. The van der Waals surface area contributed by atoms with Crippen molar-refractivity contribution >= 4 is 23.3 Å². The maximum absolute atomic E-state index is 13.3. The fraction of sp³-hybridized carbons (Fsp3) is 0.250. The van der Waals surface area contributed by atoms with E-state index < -0.39 is 5.82 Å². The first-order valence-corrected chi connectivity index (χ1v) is 9.37. The maximum atomic E-state index is 13.3. The van der Waals surface area contributed by atoms with Gasteiger partial charge in [0.15, 0.2) is 0 Å². The van der Waals surface area contributed by atoms with E-state index in [0.29, 0.717) is 35.5 Å². The molecule has 1 aromatic heterocycles. The van der Waals surface area contributed by atoms with Crippen LogP contribution in [0.2, 0.25) is 5.02 Å². The lowest BCUT2D eigenvalue weighted by atomic mass is 9.98. The predicted octanol–water partition coefficient (Wildman–Crippen LogP) is 4.94. The Morgan fingerprint density at radius 3 is 2.93 bits per heavy atom. The molecule has 3 aromatic rings. The summed E-state index contributed by atoms with van der Waals surface area (Å²) in [5.41, 5.74) is 1.20. The number of carbonyl (C=O) groups excluding carboxylic acids is 1. The largest absolute Gasteiger partial charge is 0.339 e. The van der Waals surface area contributed by atoms with Crippen molar-refractivity contribution in [2.75, 3.05) is 18.4 Å². The summed E-state index contributed by atoms with van der Waals surface area (Å²) < 4.78 is 18.8. The van der Waals surface area contributed by atoms with Gasteiger partial charge in [-0.2, -0.15) is 4.98 Å². The molecule has 8 heteroatoms. The quantitative estimate of drug-likeness (QED) is 0.675. The van der Waals surface area contributed by atoms with Crippen molar-refractivity contribution in [3.05, 3.63) is 65.3 Å². The van der Waals surface area contributed by atoms with Gasteiger partial charge in [-0.05, 0) is 43.2 Å². The van der Waals surface area contributed by atoms with Crippen LogP contribution in [0.5, 0.6) is 0 Å². The second-order valence-corrected chi connectivity index (χ2v) is 7.13. The van der Waals surface area contributed by atoms with Crippen LogP contribution in [-0.4, -0.2) is 34.2 Å². The number of likely N-dealkylation sites (tertiary alicyclic amines) is 1. The highest BCUT2D eigenvalue weighted by molar-refractivity contribution is 6.30. The van der Waals surface area contributed by atoms with E-state index in [1.54, 1.807) is 29.2 Å². The Morgan fingerprint density at radius 2 is 2.11 bits per heavy atom. The van der Waals surface area contributed by atoms with Crippen LogP contribution in [0, 0.1) is 5.82 Å². The molecule has 1 saturated heterocycles. The number of piperidine rings is 1. The highest BCUT2D eigenvalue weighted by Crippen LogP contribution is 2.28. The average molecular weight is 401 g/mol. The van der Waals surface area contributed by atoms with E-state index in [2.05, 4.69) is 15.5 Å². The topological polar surface area (TPSA) is 71.3 Å². The van der Waals surface area contributed by atoms with Crippen molar-refractivity contribution in [1.82, 2.24) is 15.0 Å². The lowest BCUT2D eigenvalue weighted by Crippen LogP contribution is -2.41. The second-order valence-electron chi connectivity index (χ2n) is 6.69. The molecule has 2 heterocycles. The molecule has 1 aliphatic heterocycles. The number of nitrogens with zero attached hydrogens (tertiary/aromatic N) is 3. The number of benzene rings is 2. The minimum absolute atomic E-state index is 0.0487. The molecule has 0 saturated carbocycles. The summed E-state index contributed by atoms with van der Waals surface area (Å²) >= 11 is 6.02. The fourth-order valence-corrected chi connectivity index (χ4v) is 3.47. The van der Waals surface area contributed by atoms with Gasteiger partial charge < -0.3 is 14.7 Å². The van der Waals surface area contributed by atoms with Gasteiger partial charge in [-0.1, -0.05) is 35.0 Å². The minimum atomic E-state index is -0.395. The van der Waals surface area contributed by atoms with Crippen molar-refractivity contribution in [3.8, 4) is 11.4 Å². The highest BCUT2D eigenvalue weighted by Gasteiger charge is 2.29. The van der Waals surface area contributed by atoms with E-state index in [4.69, 9.17) is 16.1 Å². The second kappa shape index (κ2) is 7.98. The summed E-state index contributed by atoms with van der Waals surface area (Å²) in [6, 6.07) is 12.8. The maximum Gasteiger partial charge on any atom is 0.321 e. The molecule has 0 radical (unpaired) electrons. The Morgan fingerprint density at radius 1 is 1.25 bits per heavy atom. The van der Waals surface area contributed by atoms with E-state index in [-0.39, 0.29) is 11.9 Å². The van der Waals surface area contributed by atoms with Crippen molar-refractivity contribution < 1.29 is 13.7 Å². The number of hydrogen-bond acceptors (Lipinski definition) is 4. The number of carbonyl (C=O) groups is 1. The Labute approximate surface area is 166 Å². The first kappa shape index (κ1) is 18.4. The minimum Gasteiger partial charge on any atom is -0.339 e. The molecule has 0 aliphatic carbocycles. The van der Waals surface area contributed by atoms with Crippen LogP contribution in [0.4, 0.5) is 14.9 Å². The molecule has 28 heavy (non-hydrogen) atoms. The number of rotatable bonds is 3. The molecule has 144 valence electrons. The number of halogens is 2. The molecular weight excluding hydrogens is 383 g/mol. The van der Waals surface area contributed by atoms with E-state index >= 15 is 0 Å². The highest BCUT2D eigenvalue weighted by atomic mass is 35.5. The van der Waals surface area contributed by atoms with E-state index in [0.717, 1.165) is 18.4 Å². The molecule has 2 aromatic carbocycles. The van der Waals surface area contributed by atoms with Crippen LogP contribution in [0.1, 0.15) is 24.7 Å². The van der Waals surface area contributed by atoms with Crippen molar-refractivity contribution in [2.24, 2.45) is 0 Å². The monoisotopic (exact) mass is 400 g/mol. The molecule has 6 nitrogen and oxygen atoms in total. The summed E-state index contributed by atoms with van der Waals surface area (Å²) in [6.45, 7) is 1.07. The van der Waals surface area contributed by atoms with E-state index in [1.165, 1.54) is 12.1 Å². The molecule has 0 spiro atoms. The molecular formula is C20H18ClFN4O2. The molecule has 1 atom stereocenters. The summed E-state index contributed by atoms with van der Waals surface area (Å²) in [6.07, 6.45) is 1.66. The van der Waals surface area contributed by atoms with Crippen molar-refractivity contribution in [2.45, 2.75) is 18.8 Å². The number of anilines is 1. The Bertz CT molecular complexity index is 994. The van der Waals surface area contributed by atoms with Crippen LogP contribution < -0.4 is 5.32 Å². The van der Waals surface area contributed by atoms with Crippen LogP contribution in [0.25, 0.3) is 11.4 Å². The standard InChI is InChI=1S/C20H18ClFN4O2/c21-15-6-1-4-13(10-15)18-24-19(28-25-18)14-5-3-9-26(12-14)20(27)23-17-8-2-7-16(22)11-17/h1-2,4,6-8,10-11,14H,3,5,9,12H2,(H,23,27). The van der Waals surface area contributed by atoms with Gasteiger partial charge in [0.05, 0.1) is 5.92 Å². The summed E-state index contributed by atoms with van der Waals surface area (Å²) in [5.74, 6) is 0.526. The normalized spacial score (nSPS) is 16.8. The first-order valence-electron chi connectivity index (χ1n) is 8.99. The molecule has 1 fully saturated rings. The van der Waals surface area contributed by atoms with Gasteiger partial charge in [-0.15, -0.1) is 0 Å². The average Bonchev–Trinajstić information content (AvgIpc) is 3.18. The molecule has 1 unspecified atom stereocenters. The number of nitrogens with one attached hydrogen (secondary N) is 1. The zero-order valence-electron chi connectivity index (χ0n) is 14.9. The summed E-state index contributed by atoms with van der Waals surface area (Å²) in [7, 11) is 0. The van der Waals surface area contributed by atoms with Gasteiger partial charge >= 0.3 is 6.03 Å². The molecule has 1 N–H and O–H groups in total. The van der Waals surface area contributed by atoms with Crippen LogP contribution >= 0.6 is 11.6 Å². The summed E-state index contributed by atoms with van der Waals surface area (Å²) in [4.78, 5) is 18.7. The number of aromatic nitrogens is 2. The van der Waals surface area contributed by atoms with Gasteiger partial charge in [0, 0.05) is 29.4 Å². The Balaban J connectivity index is 1.44. The number of hydrogen-bond donors (Lipinski definition) is 1. The Hall–Kier alpha value is -2.93. The van der Waals surface area contributed by atoms with Gasteiger partial charge in [0.1, 0.15) is 5.82 Å². The first-order chi connectivity index (χ1) is 13.6. The van der Waals surface area contributed by atoms with Crippen molar-refractivity contribution in [1.29, 1.82) is 0 Å². The van der Waals surface area contributed by atoms with Gasteiger partial charge in [0.25, 0.3) is 0 Å². The lowest BCUT2D eigenvalue weighted by Gasteiger charge is -2.31.